The van der Waals surface area contributed by atoms with Gasteiger partial charge in [-0.25, -0.2) is 0 Å². The molecule has 3 heteroatoms. The Morgan fingerprint density at radius 2 is 2.00 bits per heavy atom. The summed E-state index contributed by atoms with van der Waals surface area (Å²) in [5.74, 6) is 0. The van der Waals surface area contributed by atoms with Crippen LogP contribution in [0.25, 0.3) is 0 Å². The third-order valence-corrected chi connectivity index (χ3v) is 2.43. The highest BCUT2D eigenvalue weighted by Crippen LogP contribution is 2.30. The molecule has 1 atom stereocenters. The smallest absolute Gasteiger partial charge is 0.0837 e. The lowest BCUT2D eigenvalue weighted by Crippen LogP contribution is -2.37. The second kappa shape index (κ2) is 2.73. The van der Waals surface area contributed by atoms with E-state index < -0.39 is 5.60 Å². The monoisotopic (exact) mass is 158 g/mol. The molecule has 2 heterocycles. The van der Waals surface area contributed by atoms with Gasteiger partial charge in [-0.05, 0) is 12.8 Å². The first-order valence-corrected chi connectivity index (χ1v) is 4.20. The predicted octanol–water partition coefficient (Wildman–Crippen LogP) is 0.317. The number of hydrogen-bond acceptors (Lipinski definition) is 3. The lowest BCUT2D eigenvalue weighted by atomic mass is 9.89. The molecule has 3 nitrogen and oxygen atoms in total. The Balaban J connectivity index is 1.84. The summed E-state index contributed by atoms with van der Waals surface area (Å²) in [4.78, 5) is 0. The van der Waals surface area contributed by atoms with Gasteiger partial charge in [0.15, 0.2) is 0 Å². The quantitative estimate of drug-likeness (QED) is 0.588. The fourth-order valence-corrected chi connectivity index (χ4v) is 1.57. The Morgan fingerprint density at radius 3 is 2.55 bits per heavy atom. The van der Waals surface area contributed by atoms with E-state index in [1.165, 1.54) is 0 Å². The van der Waals surface area contributed by atoms with Crippen LogP contribution in [-0.2, 0) is 9.47 Å². The van der Waals surface area contributed by atoms with Crippen molar-refractivity contribution in [1.82, 2.24) is 0 Å². The van der Waals surface area contributed by atoms with Crippen LogP contribution in [0.2, 0.25) is 0 Å². The largest absolute Gasteiger partial charge is 0.390 e. The van der Waals surface area contributed by atoms with E-state index >= 15 is 0 Å². The van der Waals surface area contributed by atoms with Gasteiger partial charge in [-0.15, -0.1) is 0 Å². The maximum atomic E-state index is 9.92. The molecule has 0 aromatic heterocycles. The minimum absolute atomic E-state index is 0.332. The van der Waals surface area contributed by atoms with Crippen molar-refractivity contribution in [3.63, 3.8) is 0 Å². The Labute approximate surface area is 66.3 Å². The van der Waals surface area contributed by atoms with Crippen molar-refractivity contribution in [2.45, 2.75) is 31.0 Å². The van der Waals surface area contributed by atoms with Gasteiger partial charge in [0.2, 0.25) is 0 Å². The minimum atomic E-state index is -0.487. The molecule has 0 aliphatic carbocycles. The van der Waals surface area contributed by atoms with Crippen LogP contribution < -0.4 is 0 Å². The molecule has 0 aromatic rings. The summed E-state index contributed by atoms with van der Waals surface area (Å²) in [6.07, 6.45) is 2.67. The summed E-state index contributed by atoms with van der Waals surface area (Å²) in [6.45, 7) is 2.23. The average Bonchev–Trinajstić information content (AvgIpc) is 2.72. The van der Waals surface area contributed by atoms with Crippen LogP contribution in [0.4, 0.5) is 0 Å². The van der Waals surface area contributed by atoms with E-state index in [-0.39, 0.29) is 0 Å². The van der Waals surface area contributed by atoms with Crippen LogP contribution in [0.1, 0.15) is 19.3 Å². The van der Waals surface area contributed by atoms with Gasteiger partial charge in [0.1, 0.15) is 0 Å². The number of rotatable bonds is 2. The molecule has 0 saturated carbocycles. The molecule has 2 aliphatic rings. The Hall–Kier alpha value is -0.120. The van der Waals surface area contributed by atoms with Crippen molar-refractivity contribution in [3.8, 4) is 0 Å². The first kappa shape index (κ1) is 7.53. The molecule has 2 aliphatic heterocycles. The van der Waals surface area contributed by atoms with Crippen LogP contribution in [0.3, 0.4) is 0 Å². The maximum Gasteiger partial charge on any atom is 0.0837 e. The number of epoxide rings is 1. The summed E-state index contributed by atoms with van der Waals surface area (Å²) in [6, 6.07) is 0. The van der Waals surface area contributed by atoms with E-state index in [1.807, 2.05) is 0 Å². The van der Waals surface area contributed by atoms with E-state index in [0.29, 0.717) is 19.3 Å². The van der Waals surface area contributed by atoms with Gasteiger partial charge in [0.05, 0.1) is 18.3 Å². The van der Waals surface area contributed by atoms with Crippen LogP contribution in [0.5, 0.6) is 0 Å². The fourth-order valence-electron chi connectivity index (χ4n) is 1.57. The second-order valence-electron chi connectivity index (χ2n) is 3.50. The molecular weight excluding hydrogens is 144 g/mol. The first-order chi connectivity index (χ1) is 5.29. The molecule has 2 saturated heterocycles. The molecule has 11 heavy (non-hydrogen) atoms. The SMILES string of the molecule is OC1(CC2CO2)CCOCC1. The van der Waals surface area contributed by atoms with Crippen molar-refractivity contribution in [2.75, 3.05) is 19.8 Å². The average molecular weight is 158 g/mol. The molecule has 0 radical (unpaired) electrons. The Kier molecular flexibility index (Phi) is 1.87. The molecule has 64 valence electrons. The van der Waals surface area contributed by atoms with Crippen molar-refractivity contribution in [3.05, 3.63) is 0 Å². The van der Waals surface area contributed by atoms with Crippen molar-refractivity contribution < 1.29 is 14.6 Å². The van der Waals surface area contributed by atoms with Gasteiger partial charge in [-0.2, -0.15) is 0 Å². The molecule has 1 unspecified atom stereocenters. The van der Waals surface area contributed by atoms with Gasteiger partial charge >= 0.3 is 0 Å². The third-order valence-electron chi connectivity index (χ3n) is 2.43. The van der Waals surface area contributed by atoms with Gasteiger partial charge in [-0.1, -0.05) is 0 Å². The zero-order valence-electron chi connectivity index (χ0n) is 6.58. The zero-order valence-corrected chi connectivity index (χ0v) is 6.58. The first-order valence-electron chi connectivity index (χ1n) is 4.20. The molecule has 0 spiro atoms. The summed E-state index contributed by atoms with van der Waals surface area (Å²) in [7, 11) is 0. The van der Waals surface area contributed by atoms with Crippen LogP contribution in [-0.4, -0.2) is 36.6 Å². The van der Waals surface area contributed by atoms with Crippen LogP contribution in [0.15, 0.2) is 0 Å². The highest BCUT2D eigenvalue weighted by molar-refractivity contribution is 4.87. The third kappa shape index (κ3) is 1.92. The van der Waals surface area contributed by atoms with E-state index in [2.05, 4.69) is 0 Å². The molecule has 0 aromatic carbocycles. The lowest BCUT2D eigenvalue weighted by Gasteiger charge is -2.31. The van der Waals surface area contributed by atoms with Gasteiger partial charge < -0.3 is 14.6 Å². The number of hydrogen-bond donors (Lipinski definition) is 1. The molecule has 2 rings (SSSR count). The van der Waals surface area contributed by atoms with Gasteiger partial charge in [0.25, 0.3) is 0 Å². The molecule has 0 amide bonds. The van der Waals surface area contributed by atoms with E-state index in [1.54, 1.807) is 0 Å². The number of ether oxygens (including phenoxy) is 2. The summed E-state index contributed by atoms with van der Waals surface area (Å²) in [5, 5.41) is 9.92. The molecule has 0 bridgehead atoms. The Morgan fingerprint density at radius 1 is 1.36 bits per heavy atom. The topological polar surface area (TPSA) is 42.0 Å². The van der Waals surface area contributed by atoms with Crippen molar-refractivity contribution >= 4 is 0 Å². The molecule has 2 fully saturated rings. The normalized spacial score (nSPS) is 35.2. The highest BCUT2D eigenvalue weighted by atomic mass is 16.6. The maximum absolute atomic E-state index is 9.92. The van der Waals surface area contributed by atoms with E-state index in [4.69, 9.17) is 9.47 Å². The Bertz CT molecular complexity index is 136. The molecule has 1 N–H and O–H groups in total. The van der Waals surface area contributed by atoms with Crippen molar-refractivity contribution in [1.29, 1.82) is 0 Å². The summed E-state index contributed by atoms with van der Waals surface area (Å²) < 4.78 is 10.2. The van der Waals surface area contributed by atoms with Gasteiger partial charge in [-0.3, -0.25) is 0 Å². The number of aliphatic hydroxyl groups is 1. The minimum Gasteiger partial charge on any atom is -0.390 e. The molecular formula is C8H14O3. The second-order valence-corrected chi connectivity index (χ2v) is 3.50. The predicted molar refractivity (Wildman–Crippen MR) is 39.4 cm³/mol. The van der Waals surface area contributed by atoms with Crippen molar-refractivity contribution in [2.24, 2.45) is 0 Å². The summed E-state index contributed by atoms with van der Waals surface area (Å²) in [5.41, 5.74) is -0.487. The summed E-state index contributed by atoms with van der Waals surface area (Å²) >= 11 is 0. The van der Waals surface area contributed by atoms with Crippen LogP contribution in [0, 0.1) is 0 Å². The fraction of sp³-hybridized carbons (Fsp3) is 1.00. The highest BCUT2D eigenvalue weighted by Gasteiger charge is 2.37. The zero-order chi connectivity index (χ0) is 7.73. The van der Waals surface area contributed by atoms with Gasteiger partial charge in [0, 0.05) is 19.6 Å². The van der Waals surface area contributed by atoms with Crippen LogP contribution >= 0.6 is 0 Å². The standard InChI is InChI=1S/C8H14O3/c9-8(5-7-6-11-7)1-3-10-4-2-8/h7,9H,1-6H2. The van der Waals surface area contributed by atoms with E-state index in [0.717, 1.165) is 25.9 Å². The lowest BCUT2D eigenvalue weighted by molar-refractivity contribution is -0.0710. The van der Waals surface area contributed by atoms with E-state index in [9.17, 15) is 5.11 Å².